The van der Waals surface area contributed by atoms with Crippen molar-refractivity contribution in [1.29, 1.82) is 0 Å². The molecule has 0 bridgehead atoms. The maximum atomic E-state index is 13.0. The van der Waals surface area contributed by atoms with Crippen LogP contribution in [0.3, 0.4) is 0 Å². The smallest absolute Gasteiger partial charge is 0.332 e. The maximum absolute atomic E-state index is 13.0. The Balaban J connectivity index is 2.08. The normalized spacial score (nSPS) is 19.0. The average molecular weight is 372 g/mol. The van der Waals surface area contributed by atoms with Crippen LogP contribution in [0.15, 0.2) is 45.1 Å². The molecule has 0 radical (unpaired) electrons. The fraction of sp³-hybridized carbons (Fsp3) is 0.316. The van der Waals surface area contributed by atoms with Gasteiger partial charge in [-0.05, 0) is 30.5 Å². The van der Waals surface area contributed by atoms with E-state index < -0.39 is 11.6 Å². The van der Waals surface area contributed by atoms with Gasteiger partial charge in [0.05, 0.1) is 5.56 Å². The van der Waals surface area contributed by atoms with Crippen LogP contribution >= 0.6 is 11.6 Å². The van der Waals surface area contributed by atoms with Crippen molar-refractivity contribution in [2.45, 2.75) is 25.2 Å². The summed E-state index contributed by atoms with van der Waals surface area (Å²) in [5.41, 5.74) is 1.88. The van der Waals surface area contributed by atoms with Crippen molar-refractivity contribution in [3.63, 3.8) is 0 Å². The molecule has 2 aromatic rings. The number of hydrogen-bond donors (Lipinski definition) is 1. The highest BCUT2D eigenvalue weighted by Crippen LogP contribution is 2.43. The van der Waals surface area contributed by atoms with E-state index in [1.165, 1.54) is 11.6 Å². The first kappa shape index (κ1) is 16.8. The van der Waals surface area contributed by atoms with E-state index in [0.29, 0.717) is 34.8 Å². The molecule has 0 saturated carbocycles. The first-order chi connectivity index (χ1) is 12.4. The molecule has 0 spiro atoms. The van der Waals surface area contributed by atoms with E-state index in [9.17, 15) is 14.4 Å². The van der Waals surface area contributed by atoms with E-state index in [2.05, 4.69) is 5.32 Å². The lowest BCUT2D eigenvalue weighted by Gasteiger charge is -2.34. The summed E-state index contributed by atoms with van der Waals surface area (Å²) in [7, 11) is 3.08. The number of aromatic nitrogens is 2. The van der Waals surface area contributed by atoms with Gasteiger partial charge in [0.25, 0.3) is 5.56 Å². The highest BCUT2D eigenvalue weighted by molar-refractivity contribution is 6.30. The first-order valence-corrected chi connectivity index (χ1v) is 8.86. The summed E-state index contributed by atoms with van der Waals surface area (Å²) in [6.45, 7) is 0. The molecule has 1 unspecified atom stereocenters. The van der Waals surface area contributed by atoms with Crippen LogP contribution in [-0.2, 0) is 18.9 Å². The Morgan fingerprint density at radius 1 is 1.04 bits per heavy atom. The molecule has 1 N–H and O–H groups in total. The van der Waals surface area contributed by atoms with E-state index in [1.807, 2.05) is 12.1 Å². The molecule has 1 aromatic heterocycles. The van der Waals surface area contributed by atoms with Gasteiger partial charge in [-0.15, -0.1) is 0 Å². The second-order valence-electron chi connectivity index (χ2n) is 6.75. The summed E-state index contributed by atoms with van der Waals surface area (Å²) in [6, 6.07) is 7.16. The van der Waals surface area contributed by atoms with E-state index in [0.717, 1.165) is 22.2 Å². The maximum Gasteiger partial charge on any atom is 0.332 e. The lowest BCUT2D eigenvalue weighted by molar-refractivity contribution is -0.116. The molecule has 1 aromatic carbocycles. The topological polar surface area (TPSA) is 73.1 Å². The van der Waals surface area contributed by atoms with Crippen LogP contribution < -0.4 is 16.6 Å². The average Bonchev–Trinajstić information content (AvgIpc) is 2.64. The minimum atomic E-state index is -0.503. The van der Waals surface area contributed by atoms with Gasteiger partial charge in [-0.2, -0.15) is 0 Å². The highest BCUT2D eigenvalue weighted by Gasteiger charge is 2.38. The minimum absolute atomic E-state index is 0.0419. The van der Waals surface area contributed by atoms with Gasteiger partial charge in [0.1, 0.15) is 5.82 Å². The van der Waals surface area contributed by atoms with Crippen LogP contribution in [0.4, 0.5) is 5.82 Å². The van der Waals surface area contributed by atoms with Gasteiger partial charge in [0.2, 0.25) is 0 Å². The number of anilines is 1. The number of carbonyl (C=O) groups excluding carboxylic acids is 1. The molecule has 0 saturated heterocycles. The molecule has 26 heavy (non-hydrogen) atoms. The van der Waals surface area contributed by atoms with Crippen molar-refractivity contribution in [3.05, 3.63) is 72.5 Å². The van der Waals surface area contributed by atoms with E-state index in [1.54, 1.807) is 19.2 Å². The molecule has 1 atom stereocenters. The van der Waals surface area contributed by atoms with Crippen molar-refractivity contribution in [3.8, 4) is 0 Å². The van der Waals surface area contributed by atoms with Crippen molar-refractivity contribution in [1.82, 2.24) is 9.13 Å². The quantitative estimate of drug-likeness (QED) is 0.834. The Hall–Kier alpha value is -2.60. The zero-order valence-corrected chi connectivity index (χ0v) is 15.3. The third kappa shape index (κ3) is 2.36. The van der Waals surface area contributed by atoms with Gasteiger partial charge >= 0.3 is 5.69 Å². The molecule has 2 heterocycles. The Morgan fingerprint density at radius 3 is 2.42 bits per heavy atom. The number of nitrogens with one attached hydrogen (secondary N) is 1. The summed E-state index contributed by atoms with van der Waals surface area (Å²) in [4.78, 5) is 38.1. The molecule has 1 aliphatic carbocycles. The molecule has 7 heteroatoms. The van der Waals surface area contributed by atoms with Crippen molar-refractivity contribution in [2.75, 3.05) is 5.32 Å². The summed E-state index contributed by atoms with van der Waals surface area (Å²) in [5, 5.41) is 3.78. The van der Waals surface area contributed by atoms with Crippen LogP contribution in [0.1, 0.15) is 36.3 Å². The molecule has 134 valence electrons. The fourth-order valence-corrected chi connectivity index (χ4v) is 4.01. The second-order valence-corrected chi connectivity index (χ2v) is 7.18. The van der Waals surface area contributed by atoms with Crippen LogP contribution in [-0.4, -0.2) is 14.9 Å². The van der Waals surface area contributed by atoms with Crippen molar-refractivity contribution >= 4 is 23.2 Å². The third-order valence-electron chi connectivity index (χ3n) is 5.21. The number of hydrogen-bond acceptors (Lipinski definition) is 4. The van der Waals surface area contributed by atoms with Gasteiger partial charge in [-0.3, -0.25) is 18.7 Å². The summed E-state index contributed by atoms with van der Waals surface area (Å²) in [6.07, 6.45) is 1.94. The highest BCUT2D eigenvalue weighted by atomic mass is 35.5. The number of benzene rings is 1. The zero-order valence-electron chi connectivity index (χ0n) is 14.5. The molecule has 4 rings (SSSR count). The third-order valence-corrected chi connectivity index (χ3v) is 5.46. The van der Waals surface area contributed by atoms with Crippen LogP contribution in [0.5, 0.6) is 0 Å². The number of halogens is 1. The fourth-order valence-electron chi connectivity index (χ4n) is 3.89. The van der Waals surface area contributed by atoms with Crippen LogP contribution in [0.2, 0.25) is 5.02 Å². The number of Topliss-reactive ketones (excluding diaryl/α,β-unsaturated/α-hetero) is 1. The van der Waals surface area contributed by atoms with Gasteiger partial charge in [0, 0.05) is 42.7 Å². The lowest BCUT2D eigenvalue weighted by Crippen LogP contribution is -2.44. The monoisotopic (exact) mass is 371 g/mol. The van der Waals surface area contributed by atoms with Crippen LogP contribution in [0.25, 0.3) is 0 Å². The standard InChI is InChI=1S/C19H18ClN3O3/c1-22-17-16(18(25)23(2)19(22)26)14(10-6-8-11(20)9-7-10)15-12(21-17)4-3-5-13(15)24/h6-9,14,21H,3-5H2,1-2H3. The van der Waals surface area contributed by atoms with Gasteiger partial charge in [-0.25, -0.2) is 4.79 Å². The van der Waals surface area contributed by atoms with E-state index in [-0.39, 0.29) is 11.3 Å². The SMILES string of the molecule is Cn1c2c(c(=O)n(C)c1=O)C(c1ccc(Cl)cc1)C1=C(CCCC1=O)N2. The molecule has 0 fully saturated rings. The molecular formula is C19H18ClN3O3. The first-order valence-electron chi connectivity index (χ1n) is 8.48. The summed E-state index contributed by atoms with van der Waals surface area (Å²) < 4.78 is 2.52. The lowest BCUT2D eigenvalue weighted by atomic mass is 9.76. The largest absolute Gasteiger partial charge is 0.344 e. The Labute approximate surface area is 154 Å². The predicted molar refractivity (Wildman–Crippen MR) is 99.7 cm³/mol. The Morgan fingerprint density at radius 2 is 1.73 bits per heavy atom. The Kier molecular flexibility index (Phi) is 3.88. The summed E-state index contributed by atoms with van der Waals surface area (Å²) in [5.74, 6) is 0.00331. The summed E-state index contributed by atoms with van der Waals surface area (Å²) >= 11 is 6.02. The minimum Gasteiger partial charge on any atom is -0.344 e. The molecule has 6 nitrogen and oxygen atoms in total. The van der Waals surface area contributed by atoms with Gasteiger partial charge < -0.3 is 5.32 Å². The number of fused-ring (bicyclic) bond motifs is 1. The molecular weight excluding hydrogens is 354 g/mol. The van der Waals surface area contributed by atoms with Crippen molar-refractivity contribution in [2.24, 2.45) is 14.1 Å². The number of allylic oxidation sites excluding steroid dienone is 2. The Bertz CT molecular complexity index is 1080. The van der Waals surface area contributed by atoms with E-state index in [4.69, 9.17) is 11.6 Å². The molecule has 2 aliphatic rings. The van der Waals surface area contributed by atoms with Crippen molar-refractivity contribution < 1.29 is 4.79 Å². The molecule has 1 aliphatic heterocycles. The van der Waals surface area contributed by atoms with Gasteiger partial charge in [0.15, 0.2) is 5.78 Å². The van der Waals surface area contributed by atoms with Crippen LogP contribution in [0, 0.1) is 0 Å². The number of ketones is 1. The predicted octanol–water partition coefficient (Wildman–Crippen LogP) is 2.30. The number of nitrogens with zero attached hydrogens (tertiary/aromatic N) is 2. The number of rotatable bonds is 1. The van der Waals surface area contributed by atoms with Gasteiger partial charge in [-0.1, -0.05) is 23.7 Å². The zero-order chi connectivity index (χ0) is 18.6. The number of carbonyl (C=O) groups is 1. The second kappa shape index (κ2) is 5.99. The molecule has 0 amide bonds. The van der Waals surface area contributed by atoms with E-state index >= 15 is 0 Å².